The Balaban J connectivity index is 1.42. The second-order valence-corrected chi connectivity index (χ2v) is 11.0. The normalized spacial score (nSPS) is 18.6. The van der Waals surface area contributed by atoms with Crippen LogP contribution in [0.4, 0.5) is 0 Å². The van der Waals surface area contributed by atoms with Crippen LogP contribution in [0.3, 0.4) is 0 Å². The molecule has 2 aliphatic carbocycles. The summed E-state index contributed by atoms with van der Waals surface area (Å²) in [6.07, 6.45) is 27.5. The highest BCUT2D eigenvalue weighted by atomic mass is 14.5. The van der Waals surface area contributed by atoms with Crippen LogP contribution < -0.4 is 5.73 Å². The van der Waals surface area contributed by atoms with E-state index in [0.29, 0.717) is 11.8 Å². The van der Waals surface area contributed by atoms with Crippen molar-refractivity contribution in [3.63, 3.8) is 0 Å². The van der Waals surface area contributed by atoms with Crippen molar-refractivity contribution in [3.8, 4) is 11.1 Å². The molecule has 2 unspecified atom stereocenters. The van der Waals surface area contributed by atoms with Crippen LogP contribution in [0.1, 0.15) is 47.9 Å². The van der Waals surface area contributed by atoms with Gasteiger partial charge in [0.05, 0.1) is 0 Å². The van der Waals surface area contributed by atoms with Crippen LogP contribution in [0.2, 0.25) is 0 Å². The van der Waals surface area contributed by atoms with Gasteiger partial charge in [0.15, 0.2) is 0 Å². The van der Waals surface area contributed by atoms with Crippen LogP contribution in [0.5, 0.6) is 0 Å². The lowest BCUT2D eigenvalue weighted by molar-refractivity contribution is 0.786. The van der Waals surface area contributed by atoms with Crippen LogP contribution in [0, 0.1) is 5.92 Å². The number of nitrogens with two attached hydrogens (primary N) is 1. The molecule has 0 aromatic heterocycles. The van der Waals surface area contributed by atoms with E-state index in [0.717, 1.165) is 24.0 Å². The summed E-state index contributed by atoms with van der Waals surface area (Å²) in [4.78, 5) is 0. The molecule has 2 aliphatic rings. The molecule has 2 N–H and O–H groups in total. The minimum atomic E-state index is 0.315. The van der Waals surface area contributed by atoms with Gasteiger partial charge in [0, 0.05) is 11.8 Å². The van der Waals surface area contributed by atoms with E-state index < -0.39 is 0 Å². The van der Waals surface area contributed by atoms with E-state index in [9.17, 15) is 0 Å². The first-order valence-electron chi connectivity index (χ1n) is 14.8. The maximum atomic E-state index is 5.88. The van der Waals surface area contributed by atoms with Gasteiger partial charge in [-0.3, -0.25) is 0 Å². The Morgan fingerprint density at radius 3 is 2.21 bits per heavy atom. The molecule has 0 heterocycles. The number of rotatable bonds is 7. The number of benzene rings is 4. The fraction of sp³-hybridized carbons (Fsp3) is 0.122. The number of hydrogen-bond acceptors (Lipinski definition) is 1. The number of fused-ring (bicyclic) bond motifs is 2. The molecular formula is C41H37N. The topological polar surface area (TPSA) is 26.0 Å². The smallest absolute Gasteiger partial charge is 0.00702 e. The third-order valence-corrected chi connectivity index (χ3v) is 8.64. The molecule has 0 saturated carbocycles. The van der Waals surface area contributed by atoms with Crippen molar-refractivity contribution in [3.05, 3.63) is 163 Å². The molecule has 4 aromatic carbocycles. The van der Waals surface area contributed by atoms with Crippen LogP contribution >= 0.6 is 0 Å². The summed E-state index contributed by atoms with van der Waals surface area (Å²) in [5.74, 6) is 0.638. The third kappa shape index (κ3) is 4.92. The summed E-state index contributed by atoms with van der Waals surface area (Å²) in [7, 11) is 0. The Labute approximate surface area is 249 Å². The van der Waals surface area contributed by atoms with Gasteiger partial charge in [0.1, 0.15) is 0 Å². The van der Waals surface area contributed by atoms with Crippen molar-refractivity contribution in [2.24, 2.45) is 11.7 Å². The van der Waals surface area contributed by atoms with Gasteiger partial charge in [0.25, 0.3) is 0 Å². The van der Waals surface area contributed by atoms with E-state index in [-0.39, 0.29) is 0 Å². The quantitative estimate of drug-likeness (QED) is 0.231. The zero-order chi connectivity index (χ0) is 29.1. The molecule has 0 spiro atoms. The standard InChI is InChI=1S/C41H37N/c1-4-12-35(27-42)29-19-17-28(18-20-29)31-21-22-33-26-34(24-23-32(33)25-31)41-37(6-3)36(5-2)40(30-13-8-7-9-14-30)38-15-10-11-16-39(38)41/h4-13,15-19,21-27,29-30H,2-3,14,20,42H2,1H3/b12-4-,35-27+. The van der Waals surface area contributed by atoms with Gasteiger partial charge in [-0.05, 0) is 104 Å². The summed E-state index contributed by atoms with van der Waals surface area (Å²) in [6, 6.07) is 22.4. The minimum Gasteiger partial charge on any atom is -0.404 e. The summed E-state index contributed by atoms with van der Waals surface area (Å²) in [6.45, 7) is 10.6. The van der Waals surface area contributed by atoms with Crippen LogP contribution in [-0.2, 0) is 0 Å². The lowest BCUT2D eigenvalue weighted by Crippen LogP contribution is -2.04. The molecule has 0 amide bonds. The zero-order valence-corrected chi connectivity index (χ0v) is 24.3. The first-order valence-corrected chi connectivity index (χ1v) is 14.8. The van der Waals surface area contributed by atoms with Gasteiger partial charge in [0.2, 0.25) is 0 Å². The molecule has 0 aliphatic heterocycles. The third-order valence-electron chi connectivity index (χ3n) is 8.64. The Hall–Kier alpha value is -4.88. The van der Waals surface area contributed by atoms with Gasteiger partial charge in [-0.25, -0.2) is 0 Å². The van der Waals surface area contributed by atoms with E-state index >= 15 is 0 Å². The van der Waals surface area contributed by atoms with Gasteiger partial charge in [-0.2, -0.15) is 0 Å². The molecule has 42 heavy (non-hydrogen) atoms. The molecule has 0 bridgehead atoms. The van der Waals surface area contributed by atoms with E-state index in [4.69, 9.17) is 5.73 Å². The molecule has 0 fully saturated rings. The Morgan fingerprint density at radius 1 is 0.833 bits per heavy atom. The summed E-state index contributed by atoms with van der Waals surface area (Å²) < 4.78 is 0. The fourth-order valence-corrected chi connectivity index (χ4v) is 6.60. The molecular weight excluding hydrogens is 506 g/mol. The Kier molecular flexibility index (Phi) is 7.75. The van der Waals surface area contributed by atoms with Crippen molar-refractivity contribution in [1.82, 2.24) is 0 Å². The lowest BCUT2D eigenvalue weighted by Gasteiger charge is -2.24. The van der Waals surface area contributed by atoms with Crippen molar-refractivity contribution in [2.45, 2.75) is 25.7 Å². The SMILES string of the molecule is C=Cc1c(C=C)c(C2C=CC=CC2)c2ccccc2c1-c1ccc2cc(C3=CCC(C(/C=C\C)=C/N)C=C3)ccc2c1. The average Bonchev–Trinajstić information content (AvgIpc) is 3.06. The Morgan fingerprint density at radius 2 is 1.57 bits per heavy atom. The van der Waals surface area contributed by atoms with E-state index in [1.54, 1.807) is 6.20 Å². The fourth-order valence-electron chi connectivity index (χ4n) is 6.60. The average molecular weight is 544 g/mol. The molecule has 0 radical (unpaired) electrons. The van der Waals surface area contributed by atoms with Crippen molar-refractivity contribution in [1.29, 1.82) is 0 Å². The number of hydrogen-bond donors (Lipinski definition) is 1. The molecule has 206 valence electrons. The number of allylic oxidation sites excluding steroid dienone is 11. The molecule has 2 atom stereocenters. The largest absolute Gasteiger partial charge is 0.404 e. The molecule has 4 aromatic rings. The van der Waals surface area contributed by atoms with Crippen molar-refractivity contribution in [2.75, 3.05) is 0 Å². The summed E-state index contributed by atoms with van der Waals surface area (Å²) in [5, 5.41) is 4.99. The maximum absolute atomic E-state index is 5.88. The van der Waals surface area contributed by atoms with Crippen molar-refractivity contribution >= 4 is 39.3 Å². The van der Waals surface area contributed by atoms with E-state index in [1.165, 1.54) is 54.9 Å². The summed E-state index contributed by atoms with van der Waals surface area (Å²) >= 11 is 0. The van der Waals surface area contributed by atoms with Gasteiger partial charge in [-0.1, -0.05) is 129 Å². The first-order chi connectivity index (χ1) is 20.7. The predicted octanol–water partition coefficient (Wildman–Crippen LogP) is 10.9. The Bertz CT molecular complexity index is 1890. The predicted molar refractivity (Wildman–Crippen MR) is 185 cm³/mol. The van der Waals surface area contributed by atoms with Crippen LogP contribution in [0.25, 0.3) is 50.4 Å². The summed E-state index contributed by atoms with van der Waals surface area (Å²) in [5.41, 5.74) is 15.6. The maximum Gasteiger partial charge on any atom is 0.00702 e. The van der Waals surface area contributed by atoms with E-state index in [2.05, 4.69) is 122 Å². The van der Waals surface area contributed by atoms with E-state index in [1.807, 2.05) is 25.2 Å². The molecule has 1 nitrogen and oxygen atoms in total. The second-order valence-electron chi connectivity index (χ2n) is 11.0. The van der Waals surface area contributed by atoms with Crippen LogP contribution in [0.15, 0.2) is 140 Å². The lowest BCUT2D eigenvalue weighted by atomic mass is 9.79. The van der Waals surface area contributed by atoms with Gasteiger partial charge >= 0.3 is 0 Å². The highest BCUT2D eigenvalue weighted by Crippen LogP contribution is 2.44. The second kappa shape index (κ2) is 11.9. The highest BCUT2D eigenvalue weighted by molar-refractivity contribution is 6.07. The molecule has 6 rings (SSSR count). The van der Waals surface area contributed by atoms with Crippen LogP contribution in [-0.4, -0.2) is 0 Å². The molecule has 0 saturated heterocycles. The molecule has 1 heteroatoms. The minimum absolute atomic E-state index is 0.315. The highest BCUT2D eigenvalue weighted by Gasteiger charge is 2.22. The van der Waals surface area contributed by atoms with Gasteiger partial charge < -0.3 is 5.73 Å². The first kappa shape index (κ1) is 27.3. The monoisotopic (exact) mass is 543 g/mol. The zero-order valence-electron chi connectivity index (χ0n) is 24.3. The van der Waals surface area contributed by atoms with Gasteiger partial charge in [-0.15, -0.1) is 0 Å². The van der Waals surface area contributed by atoms with Crippen molar-refractivity contribution < 1.29 is 0 Å².